The van der Waals surface area contributed by atoms with Crippen LogP contribution in [0, 0.1) is 0 Å². The summed E-state index contributed by atoms with van der Waals surface area (Å²) in [6, 6.07) is 0. The fraction of sp³-hybridized carbons (Fsp3) is 0.778. The molecule has 0 aromatic heterocycles. The highest BCUT2D eigenvalue weighted by molar-refractivity contribution is 6.50. The molecule has 0 aliphatic heterocycles. The van der Waals surface area contributed by atoms with Crippen molar-refractivity contribution >= 4 is 9.28 Å². The molecule has 0 amide bonds. The Morgan fingerprint density at radius 1 is 1.00 bits per heavy atom. The Morgan fingerprint density at radius 3 is 1.67 bits per heavy atom. The van der Waals surface area contributed by atoms with Crippen molar-refractivity contribution in [3.8, 4) is 0 Å². The molecule has 0 atom stereocenters. The van der Waals surface area contributed by atoms with Crippen LogP contribution < -0.4 is 0 Å². The summed E-state index contributed by atoms with van der Waals surface area (Å²) in [4.78, 5) is 0. The lowest BCUT2D eigenvalue weighted by atomic mass is 10.5. The zero-order valence-electron chi connectivity index (χ0n) is 8.70. The molecule has 0 rings (SSSR count). The third-order valence-corrected chi connectivity index (χ3v) is 3.49. The first-order valence-corrected chi connectivity index (χ1v) is 6.11. The molecule has 0 aromatic carbocycles. The molecule has 0 aliphatic carbocycles. The Bertz CT molecular complexity index is 122. The third-order valence-electron chi connectivity index (χ3n) is 1.16. The first-order valence-electron chi connectivity index (χ1n) is 4.50. The van der Waals surface area contributed by atoms with Gasteiger partial charge in [0.2, 0.25) is 0 Å². The van der Waals surface area contributed by atoms with E-state index in [9.17, 15) is 0 Å². The summed E-state index contributed by atoms with van der Waals surface area (Å²) in [5, 5.41) is 0. The summed E-state index contributed by atoms with van der Waals surface area (Å²) in [6.45, 7) is 10.1. The third kappa shape index (κ3) is 6.58. The second-order valence-corrected chi connectivity index (χ2v) is 4.93. The van der Waals surface area contributed by atoms with Crippen molar-refractivity contribution in [2.75, 3.05) is 0 Å². The second-order valence-electron chi connectivity index (χ2n) is 3.26. The molecule has 0 saturated carbocycles. The minimum absolute atomic E-state index is 0.261. The fourth-order valence-electron chi connectivity index (χ4n) is 0.816. The molecule has 0 saturated heterocycles. The molecule has 0 radical (unpaired) electrons. The van der Waals surface area contributed by atoms with Crippen molar-refractivity contribution in [1.29, 1.82) is 0 Å². The molecule has 0 N–H and O–H groups in total. The Balaban J connectivity index is 3.86. The van der Waals surface area contributed by atoms with Crippen molar-refractivity contribution < 1.29 is 8.85 Å². The lowest BCUT2D eigenvalue weighted by molar-refractivity contribution is 0.138. The topological polar surface area (TPSA) is 18.5 Å². The highest BCUT2D eigenvalue weighted by Crippen LogP contribution is 2.01. The SMILES string of the molecule is CC=C[SiH](OC(C)C)OC(C)C. The minimum atomic E-state index is -1.53. The summed E-state index contributed by atoms with van der Waals surface area (Å²) in [5.41, 5.74) is 2.06. The van der Waals surface area contributed by atoms with Crippen LogP contribution in [0.2, 0.25) is 0 Å². The van der Waals surface area contributed by atoms with Gasteiger partial charge in [0, 0.05) is 12.2 Å². The molecule has 2 nitrogen and oxygen atoms in total. The van der Waals surface area contributed by atoms with E-state index < -0.39 is 9.28 Å². The monoisotopic (exact) mass is 188 g/mol. The van der Waals surface area contributed by atoms with Crippen LogP contribution in [0.3, 0.4) is 0 Å². The van der Waals surface area contributed by atoms with E-state index in [0.29, 0.717) is 0 Å². The van der Waals surface area contributed by atoms with Gasteiger partial charge in [0.25, 0.3) is 0 Å². The normalized spacial score (nSPS) is 12.7. The smallest absolute Gasteiger partial charge is 0.348 e. The lowest BCUT2D eigenvalue weighted by Crippen LogP contribution is -2.27. The van der Waals surface area contributed by atoms with Crippen molar-refractivity contribution in [3.05, 3.63) is 11.8 Å². The van der Waals surface area contributed by atoms with Gasteiger partial charge in [-0.2, -0.15) is 0 Å². The summed E-state index contributed by atoms with van der Waals surface area (Å²) in [7, 11) is -1.53. The number of hydrogen-bond donors (Lipinski definition) is 0. The fourth-order valence-corrected chi connectivity index (χ4v) is 2.45. The molecule has 0 heterocycles. The highest BCUT2D eigenvalue weighted by Gasteiger charge is 2.12. The van der Waals surface area contributed by atoms with Crippen LogP contribution in [0.5, 0.6) is 0 Å². The predicted molar refractivity (Wildman–Crippen MR) is 54.4 cm³/mol. The van der Waals surface area contributed by atoms with E-state index in [4.69, 9.17) is 8.85 Å². The first kappa shape index (κ1) is 11.9. The highest BCUT2D eigenvalue weighted by atomic mass is 28.3. The molecular formula is C9H20O2Si. The van der Waals surface area contributed by atoms with Crippen molar-refractivity contribution in [2.45, 2.75) is 46.8 Å². The average Bonchev–Trinajstić information content (AvgIpc) is 1.84. The van der Waals surface area contributed by atoms with Gasteiger partial charge in [0.1, 0.15) is 0 Å². The Kier molecular flexibility index (Phi) is 6.33. The van der Waals surface area contributed by atoms with E-state index in [0.717, 1.165) is 0 Å². The van der Waals surface area contributed by atoms with E-state index in [1.807, 2.05) is 40.7 Å². The molecule has 3 heteroatoms. The summed E-state index contributed by atoms with van der Waals surface area (Å²) >= 11 is 0. The molecule has 0 bridgehead atoms. The molecule has 0 unspecified atom stereocenters. The van der Waals surface area contributed by atoms with Crippen LogP contribution in [0.4, 0.5) is 0 Å². The molecule has 0 spiro atoms. The van der Waals surface area contributed by atoms with Crippen LogP contribution in [0.25, 0.3) is 0 Å². The van der Waals surface area contributed by atoms with Crippen LogP contribution in [0.1, 0.15) is 34.6 Å². The lowest BCUT2D eigenvalue weighted by Gasteiger charge is -2.18. The quantitative estimate of drug-likeness (QED) is 0.616. The minimum Gasteiger partial charge on any atom is -0.391 e. The van der Waals surface area contributed by atoms with Crippen molar-refractivity contribution in [3.63, 3.8) is 0 Å². The van der Waals surface area contributed by atoms with Crippen LogP contribution in [-0.2, 0) is 8.85 Å². The van der Waals surface area contributed by atoms with Gasteiger partial charge < -0.3 is 8.85 Å². The largest absolute Gasteiger partial charge is 0.391 e. The molecule has 0 aliphatic rings. The van der Waals surface area contributed by atoms with Gasteiger partial charge in [0.05, 0.1) is 0 Å². The Hall–Kier alpha value is -0.123. The molecule has 0 fully saturated rings. The van der Waals surface area contributed by atoms with E-state index in [1.165, 1.54) is 0 Å². The maximum Gasteiger partial charge on any atom is 0.348 e. The van der Waals surface area contributed by atoms with E-state index >= 15 is 0 Å². The van der Waals surface area contributed by atoms with Gasteiger partial charge in [-0.05, 0) is 40.3 Å². The molecule has 12 heavy (non-hydrogen) atoms. The number of rotatable bonds is 5. The molecule has 0 aromatic rings. The van der Waals surface area contributed by atoms with E-state index in [-0.39, 0.29) is 12.2 Å². The maximum absolute atomic E-state index is 5.63. The Labute approximate surface area is 77.4 Å². The second kappa shape index (κ2) is 6.40. The predicted octanol–water partition coefficient (Wildman–Crippen LogP) is 2.17. The van der Waals surface area contributed by atoms with Gasteiger partial charge in [-0.3, -0.25) is 0 Å². The van der Waals surface area contributed by atoms with Crippen molar-refractivity contribution in [2.24, 2.45) is 0 Å². The van der Waals surface area contributed by atoms with E-state index in [2.05, 4.69) is 5.70 Å². The van der Waals surface area contributed by atoms with Gasteiger partial charge in [0.15, 0.2) is 0 Å². The Morgan fingerprint density at radius 2 is 1.42 bits per heavy atom. The van der Waals surface area contributed by atoms with Crippen LogP contribution in [-0.4, -0.2) is 21.5 Å². The zero-order valence-corrected chi connectivity index (χ0v) is 9.86. The molecule has 72 valence electrons. The maximum atomic E-state index is 5.63. The summed E-state index contributed by atoms with van der Waals surface area (Å²) < 4.78 is 11.3. The summed E-state index contributed by atoms with van der Waals surface area (Å²) in [5.74, 6) is 0. The van der Waals surface area contributed by atoms with Gasteiger partial charge in [-0.25, -0.2) is 0 Å². The number of hydrogen-bond acceptors (Lipinski definition) is 2. The van der Waals surface area contributed by atoms with Crippen molar-refractivity contribution in [1.82, 2.24) is 0 Å². The van der Waals surface area contributed by atoms with Gasteiger partial charge in [-0.1, -0.05) is 6.08 Å². The number of allylic oxidation sites excluding steroid dienone is 1. The van der Waals surface area contributed by atoms with Crippen LogP contribution >= 0.6 is 0 Å². The summed E-state index contributed by atoms with van der Waals surface area (Å²) in [6.07, 6.45) is 2.52. The van der Waals surface area contributed by atoms with Gasteiger partial charge >= 0.3 is 9.28 Å². The standard InChI is InChI=1S/C9H20O2Si/c1-6-7-12(10-8(2)3)11-9(4)5/h6-9,12H,1-5H3. The average molecular weight is 188 g/mol. The zero-order chi connectivity index (χ0) is 9.56. The van der Waals surface area contributed by atoms with Crippen LogP contribution in [0.15, 0.2) is 11.8 Å². The molecular weight excluding hydrogens is 168 g/mol. The van der Waals surface area contributed by atoms with E-state index in [1.54, 1.807) is 0 Å². The van der Waals surface area contributed by atoms with Gasteiger partial charge in [-0.15, -0.1) is 0 Å². The first-order chi connectivity index (χ1) is 5.56.